The summed E-state index contributed by atoms with van der Waals surface area (Å²) in [6, 6.07) is 24.7. The second-order valence-corrected chi connectivity index (χ2v) is 9.92. The Bertz CT molecular complexity index is 1100. The van der Waals surface area contributed by atoms with E-state index in [1.807, 2.05) is 87.5 Å². The highest BCUT2D eigenvalue weighted by atomic mass is 35.5. The Kier molecular flexibility index (Phi) is 10.4. The van der Waals surface area contributed by atoms with E-state index in [1.165, 1.54) is 0 Å². The first kappa shape index (κ1) is 27.8. The van der Waals surface area contributed by atoms with Crippen LogP contribution in [0.1, 0.15) is 62.6 Å². The normalized spacial score (nSPS) is 12.7. The van der Waals surface area contributed by atoms with Crippen molar-refractivity contribution in [1.29, 1.82) is 0 Å². The Balaban J connectivity index is 1.98. The van der Waals surface area contributed by atoms with E-state index in [2.05, 4.69) is 5.32 Å². The molecule has 0 unspecified atom stereocenters. The summed E-state index contributed by atoms with van der Waals surface area (Å²) in [5.41, 5.74) is 2.86. The molecule has 0 aromatic heterocycles. The van der Waals surface area contributed by atoms with Crippen LogP contribution in [0.2, 0.25) is 10.0 Å². The van der Waals surface area contributed by atoms with Crippen LogP contribution in [-0.2, 0) is 16.1 Å². The van der Waals surface area contributed by atoms with Crippen LogP contribution in [0.4, 0.5) is 0 Å². The molecule has 0 heterocycles. The maximum absolute atomic E-state index is 14.0. The zero-order valence-corrected chi connectivity index (χ0v) is 22.6. The Morgan fingerprint density at radius 1 is 0.861 bits per heavy atom. The van der Waals surface area contributed by atoms with Crippen molar-refractivity contribution in [3.63, 3.8) is 0 Å². The molecule has 4 nitrogen and oxygen atoms in total. The molecule has 0 radical (unpaired) electrons. The van der Waals surface area contributed by atoms with Crippen molar-refractivity contribution < 1.29 is 9.59 Å². The summed E-state index contributed by atoms with van der Waals surface area (Å²) < 4.78 is 0. The minimum atomic E-state index is -0.620. The van der Waals surface area contributed by atoms with Gasteiger partial charge in [-0.05, 0) is 48.6 Å². The third-order valence-corrected chi connectivity index (χ3v) is 7.11. The lowest BCUT2D eigenvalue weighted by Gasteiger charge is -2.33. The smallest absolute Gasteiger partial charge is 0.243 e. The third kappa shape index (κ3) is 7.35. The number of amides is 2. The van der Waals surface area contributed by atoms with Gasteiger partial charge in [-0.15, -0.1) is 0 Å². The number of benzene rings is 3. The van der Waals surface area contributed by atoms with E-state index in [-0.39, 0.29) is 36.7 Å². The molecule has 0 aliphatic heterocycles. The third-order valence-electron chi connectivity index (χ3n) is 6.53. The summed E-state index contributed by atoms with van der Waals surface area (Å²) in [4.78, 5) is 29.0. The standard InChI is InChI=1S/C30H34Cl2N2O2/c1-4-21(3)33-30(36)28(5-2)34(20-24-16-17-25(31)18-27(24)32)29(35)19-26(22-12-8-6-9-13-22)23-14-10-7-11-15-23/h6-18,21,26,28H,4-5,19-20H2,1-3H3,(H,33,36)/t21-,28+/m0/s1. The molecule has 36 heavy (non-hydrogen) atoms. The summed E-state index contributed by atoms with van der Waals surface area (Å²) in [7, 11) is 0. The van der Waals surface area contributed by atoms with Crippen molar-refractivity contribution in [2.24, 2.45) is 0 Å². The molecule has 0 aliphatic rings. The van der Waals surface area contributed by atoms with Crippen molar-refractivity contribution in [2.45, 2.75) is 64.6 Å². The molecule has 190 valence electrons. The van der Waals surface area contributed by atoms with Crippen molar-refractivity contribution in [1.82, 2.24) is 10.2 Å². The van der Waals surface area contributed by atoms with Crippen molar-refractivity contribution in [3.05, 3.63) is 106 Å². The van der Waals surface area contributed by atoms with E-state index >= 15 is 0 Å². The van der Waals surface area contributed by atoms with E-state index in [0.29, 0.717) is 16.5 Å². The average Bonchev–Trinajstić information content (AvgIpc) is 2.89. The minimum absolute atomic E-state index is 0.0176. The number of nitrogens with zero attached hydrogens (tertiary/aromatic N) is 1. The highest BCUT2D eigenvalue weighted by Gasteiger charge is 2.31. The zero-order chi connectivity index (χ0) is 26.1. The van der Waals surface area contributed by atoms with E-state index in [0.717, 1.165) is 23.1 Å². The minimum Gasteiger partial charge on any atom is -0.352 e. The first-order chi connectivity index (χ1) is 17.3. The van der Waals surface area contributed by atoms with E-state index in [1.54, 1.807) is 17.0 Å². The van der Waals surface area contributed by atoms with Crippen LogP contribution in [0.25, 0.3) is 0 Å². The average molecular weight is 526 g/mol. The van der Waals surface area contributed by atoms with Gasteiger partial charge in [-0.25, -0.2) is 0 Å². The van der Waals surface area contributed by atoms with Crippen LogP contribution in [-0.4, -0.2) is 28.8 Å². The molecule has 0 fully saturated rings. The predicted octanol–water partition coefficient (Wildman–Crippen LogP) is 7.24. The van der Waals surface area contributed by atoms with Gasteiger partial charge >= 0.3 is 0 Å². The topological polar surface area (TPSA) is 49.4 Å². The number of carbonyl (C=O) groups is 2. The monoisotopic (exact) mass is 524 g/mol. The number of carbonyl (C=O) groups excluding carboxylic acids is 2. The summed E-state index contributed by atoms with van der Waals surface area (Å²) in [6.45, 7) is 6.13. The molecule has 3 aromatic carbocycles. The largest absolute Gasteiger partial charge is 0.352 e. The molecule has 0 spiro atoms. The lowest BCUT2D eigenvalue weighted by Crippen LogP contribution is -2.51. The maximum atomic E-state index is 14.0. The number of hydrogen-bond acceptors (Lipinski definition) is 2. The molecular weight excluding hydrogens is 491 g/mol. The van der Waals surface area contributed by atoms with Crippen LogP contribution in [0.5, 0.6) is 0 Å². The lowest BCUT2D eigenvalue weighted by atomic mass is 9.88. The lowest BCUT2D eigenvalue weighted by molar-refractivity contribution is -0.141. The maximum Gasteiger partial charge on any atom is 0.243 e. The molecule has 3 rings (SSSR count). The fraction of sp³-hybridized carbons (Fsp3) is 0.333. The number of halogens is 2. The molecule has 2 amide bonds. The molecule has 0 saturated carbocycles. The van der Waals surface area contributed by atoms with Crippen LogP contribution >= 0.6 is 23.2 Å². The Morgan fingerprint density at radius 3 is 1.94 bits per heavy atom. The highest BCUT2D eigenvalue weighted by Crippen LogP contribution is 2.30. The molecule has 3 aromatic rings. The zero-order valence-electron chi connectivity index (χ0n) is 21.1. The molecular formula is C30H34Cl2N2O2. The molecule has 0 aliphatic carbocycles. The SMILES string of the molecule is CC[C@H](C(=O)N[C@@H](C)CC)N(Cc1ccc(Cl)cc1Cl)C(=O)CC(c1ccccc1)c1ccccc1. The van der Waals surface area contributed by atoms with Crippen LogP contribution in [0, 0.1) is 0 Å². The fourth-order valence-corrected chi connectivity index (χ4v) is 4.75. The van der Waals surface area contributed by atoms with Gasteiger partial charge in [0.15, 0.2) is 0 Å². The molecule has 6 heteroatoms. The van der Waals surface area contributed by atoms with E-state index < -0.39 is 6.04 Å². The van der Waals surface area contributed by atoms with Crippen molar-refractivity contribution in [3.8, 4) is 0 Å². The highest BCUT2D eigenvalue weighted by molar-refractivity contribution is 6.35. The van der Waals surface area contributed by atoms with Crippen LogP contribution in [0.15, 0.2) is 78.9 Å². The van der Waals surface area contributed by atoms with Gasteiger partial charge in [-0.3, -0.25) is 9.59 Å². The van der Waals surface area contributed by atoms with Gasteiger partial charge in [0.2, 0.25) is 11.8 Å². The summed E-state index contributed by atoms with van der Waals surface area (Å²) in [5.74, 6) is -0.399. The Hall–Kier alpha value is -2.82. The van der Waals surface area contributed by atoms with Gasteiger partial charge in [-0.2, -0.15) is 0 Å². The Morgan fingerprint density at radius 2 is 1.44 bits per heavy atom. The fourth-order valence-electron chi connectivity index (χ4n) is 4.28. The first-order valence-corrected chi connectivity index (χ1v) is 13.2. The van der Waals surface area contributed by atoms with E-state index in [9.17, 15) is 9.59 Å². The second-order valence-electron chi connectivity index (χ2n) is 9.08. The van der Waals surface area contributed by atoms with Gasteiger partial charge in [0, 0.05) is 35.0 Å². The summed E-state index contributed by atoms with van der Waals surface area (Å²) >= 11 is 12.6. The van der Waals surface area contributed by atoms with Crippen LogP contribution in [0.3, 0.4) is 0 Å². The first-order valence-electron chi connectivity index (χ1n) is 12.5. The molecule has 0 bridgehead atoms. The van der Waals surface area contributed by atoms with Gasteiger partial charge < -0.3 is 10.2 Å². The molecule has 2 atom stereocenters. The van der Waals surface area contributed by atoms with Crippen molar-refractivity contribution >= 4 is 35.0 Å². The van der Waals surface area contributed by atoms with Gasteiger partial charge in [0.1, 0.15) is 6.04 Å². The molecule has 0 saturated heterocycles. The number of nitrogens with one attached hydrogen (secondary N) is 1. The summed E-state index contributed by atoms with van der Waals surface area (Å²) in [6.07, 6.45) is 1.52. The summed E-state index contributed by atoms with van der Waals surface area (Å²) in [5, 5.41) is 4.05. The number of rotatable bonds is 11. The van der Waals surface area contributed by atoms with Gasteiger partial charge in [0.25, 0.3) is 0 Å². The molecule has 1 N–H and O–H groups in total. The quantitative estimate of drug-likeness (QED) is 0.287. The van der Waals surface area contributed by atoms with Crippen LogP contribution < -0.4 is 5.32 Å². The Labute approximate surface area is 224 Å². The van der Waals surface area contributed by atoms with Gasteiger partial charge in [0.05, 0.1) is 0 Å². The van der Waals surface area contributed by atoms with E-state index in [4.69, 9.17) is 23.2 Å². The number of hydrogen-bond donors (Lipinski definition) is 1. The van der Waals surface area contributed by atoms with Crippen molar-refractivity contribution in [2.75, 3.05) is 0 Å². The van der Waals surface area contributed by atoms with Gasteiger partial charge in [-0.1, -0.05) is 104 Å². The predicted molar refractivity (Wildman–Crippen MR) is 148 cm³/mol. The second kappa shape index (κ2) is 13.5.